The lowest BCUT2D eigenvalue weighted by molar-refractivity contribution is -0.140. The first-order valence-electron chi connectivity index (χ1n) is 4.26. The van der Waals surface area contributed by atoms with Crippen LogP contribution < -0.4 is 0 Å². The smallest absolute Gasteiger partial charge is 0.306 e. The molecular formula is C9H10O4. The van der Waals surface area contributed by atoms with Crippen LogP contribution in [0.3, 0.4) is 0 Å². The molecule has 4 nitrogen and oxygen atoms in total. The summed E-state index contributed by atoms with van der Waals surface area (Å²) in [5, 5.41) is 8.60. The van der Waals surface area contributed by atoms with Crippen LogP contribution in [0.1, 0.15) is 12.8 Å². The maximum absolute atomic E-state index is 10.9. The zero-order valence-corrected chi connectivity index (χ0v) is 6.97. The van der Waals surface area contributed by atoms with Gasteiger partial charge in [-0.15, -0.1) is 0 Å². The van der Waals surface area contributed by atoms with E-state index in [9.17, 15) is 9.59 Å². The van der Waals surface area contributed by atoms with Crippen molar-refractivity contribution in [2.24, 2.45) is 11.8 Å². The topological polar surface area (TPSA) is 63.6 Å². The summed E-state index contributed by atoms with van der Waals surface area (Å²) in [7, 11) is 0. The number of allylic oxidation sites excluding steroid dienone is 1. The van der Waals surface area contributed by atoms with E-state index >= 15 is 0 Å². The molecule has 1 heterocycles. The molecule has 1 fully saturated rings. The van der Waals surface area contributed by atoms with Gasteiger partial charge in [-0.05, 0) is 12.0 Å². The molecule has 1 N–H and O–H groups in total. The van der Waals surface area contributed by atoms with Crippen molar-refractivity contribution >= 4 is 11.9 Å². The van der Waals surface area contributed by atoms with Crippen LogP contribution in [0.25, 0.3) is 0 Å². The number of esters is 1. The minimum atomic E-state index is -0.824. The van der Waals surface area contributed by atoms with Gasteiger partial charge in [-0.1, -0.05) is 6.08 Å². The molecule has 2 aliphatic rings. The summed E-state index contributed by atoms with van der Waals surface area (Å²) < 4.78 is 4.98. The van der Waals surface area contributed by atoms with Crippen LogP contribution in [-0.4, -0.2) is 23.1 Å². The van der Waals surface area contributed by atoms with Gasteiger partial charge in [0.15, 0.2) is 0 Å². The third kappa shape index (κ3) is 1.43. The lowest BCUT2D eigenvalue weighted by atomic mass is 9.90. The number of carboxylic acid groups (broad SMARTS) is 1. The third-order valence-electron chi connectivity index (χ3n) is 2.60. The van der Waals surface area contributed by atoms with Crippen molar-refractivity contribution in [3.63, 3.8) is 0 Å². The molecule has 1 aliphatic carbocycles. The fourth-order valence-corrected chi connectivity index (χ4v) is 1.99. The summed E-state index contributed by atoms with van der Waals surface area (Å²) in [5.74, 6) is -1.01. The molecule has 1 saturated heterocycles. The Morgan fingerprint density at radius 2 is 2.38 bits per heavy atom. The second-order valence-electron chi connectivity index (χ2n) is 3.47. The van der Waals surface area contributed by atoms with E-state index in [4.69, 9.17) is 9.84 Å². The summed E-state index contributed by atoms with van der Waals surface area (Å²) in [6.07, 6.45) is 3.92. The molecule has 0 aromatic rings. The van der Waals surface area contributed by atoms with E-state index in [0.29, 0.717) is 6.42 Å². The Labute approximate surface area is 75.2 Å². The average molecular weight is 182 g/mol. The van der Waals surface area contributed by atoms with Crippen LogP contribution in [0, 0.1) is 11.8 Å². The summed E-state index contributed by atoms with van der Waals surface area (Å²) in [5.41, 5.74) is 0. The number of ether oxygens (including phenoxy) is 1. The zero-order chi connectivity index (χ0) is 9.42. The minimum absolute atomic E-state index is 0.0334. The summed E-state index contributed by atoms with van der Waals surface area (Å²) in [6, 6.07) is 0. The Morgan fingerprint density at radius 3 is 3.08 bits per heavy atom. The van der Waals surface area contributed by atoms with Crippen molar-refractivity contribution in [3.8, 4) is 0 Å². The van der Waals surface area contributed by atoms with E-state index in [1.807, 2.05) is 6.08 Å². The van der Waals surface area contributed by atoms with Gasteiger partial charge in [0.2, 0.25) is 0 Å². The van der Waals surface area contributed by atoms with Gasteiger partial charge in [0.1, 0.15) is 6.10 Å². The highest BCUT2D eigenvalue weighted by Crippen LogP contribution is 2.37. The molecular weight excluding hydrogens is 172 g/mol. The number of fused-ring (bicyclic) bond motifs is 1. The number of carbonyl (C=O) groups excluding carboxylic acids is 1. The predicted molar refractivity (Wildman–Crippen MR) is 42.9 cm³/mol. The van der Waals surface area contributed by atoms with Crippen molar-refractivity contribution in [1.29, 1.82) is 0 Å². The van der Waals surface area contributed by atoms with Crippen LogP contribution in [-0.2, 0) is 14.3 Å². The maximum Gasteiger partial charge on any atom is 0.306 e. The lowest BCUT2D eigenvalue weighted by Crippen LogP contribution is -2.17. The SMILES string of the molecule is O=C(O)C[C@@H]1C=C[C@H]2OC(=O)C[C@@H]12. The van der Waals surface area contributed by atoms with Crippen LogP contribution in [0.2, 0.25) is 0 Å². The van der Waals surface area contributed by atoms with Gasteiger partial charge in [0, 0.05) is 5.92 Å². The van der Waals surface area contributed by atoms with Gasteiger partial charge >= 0.3 is 11.9 Å². The van der Waals surface area contributed by atoms with E-state index in [1.165, 1.54) is 0 Å². The summed E-state index contributed by atoms with van der Waals surface area (Å²) in [4.78, 5) is 21.4. The molecule has 0 aromatic heterocycles. The van der Waals surface area contributed by atoms with E-state index in [1.54, 1.807) is 6.08 Å². The fraction of sp³-hybridized carbons (Fsp3) is 0.556. The molecule has 3 atom stereocenters. The van der Waals surface area contributed by atoms with Crippen molar-refractivity contribution < 1.29 is 19.4 Å². The highest BCUT2D eigenvalue weighted by molar-refractivity contribution is 5.74. The maximum atomic E-state index is 10.9. The molecule has 0 amide bonds. The standard InChI is InChI=1S/C9H10O4/c10-8(11)3-5-1-2-7-6(5)4-9(12)13-7/h1-2,5-7H,3-4H2,(H,10,11)/t5-,6-,7+/m0/s1. The molecule has 0 aromatic carbocycles. The monoisotopic (exact) mass is 182 g/mol. The van der Waals surface area contributed by atoms with Crippen LogP contribution in [0.15, 0.2) is 12.2 Å². The Balaban J connectivity index is 2.05. The van der Waals surface area contributed by atoms with E-state index in [-0.39, 0.29) is 30.3 Å². The number of hydrogen-bond donors (Lipinski definition) is 1. The van der Waals surface area contributed by atoms with Crippen molar-refractivity contribution in [3.05, 3.63) is 12.2 Å². The van der Waals surface area contributed by atoms with Crippen LogP contribution >= 0.6 is 0 Å². The second-order valence-corrected chi connectivity index (χ2v) is 3.47. The quantitative estimate of drug-likeness (QED) is 0.501. The molecule has 0 spiro atoms. The number of carboxylic acids is 1. The van der Waals surface area contributed by atoms with Gasteiger partial charge in [-0.3, -0.25) is 9.59 Å². The molecule has 0 radical (unpaired) electrons. The molecule has 1 aliphatic heterocycles. The van der Waals surface area contributed by atoms with Gasteiger partial charge in [0.05, 0.1) is 12.8 Å². The Hall–Kier alpha value is -1.32. The molecule has 13 heavy (non-hydrogen) atoms. The highest BCUT2D eigenvalue weighted by Gasteiger charge is 2.41. The number of rotatable bonds is 2. The molecule has 0 bridgehead atoms. The third-order valence-corrected chi connectivity index (χ3v) is 2.60. The zero-order valence-electron chi connectivity index (χ0n) is 6.97. The number of hydrogen-bond acceptors (Lipinski definition) is 3. The van der Waals surface area contributed by atoms with Gasteiger partial charge < -0.3 is 9.84 Å². The van der Waals surface area contributed by atoms with E-state index in [2.05, 4.69) is 0 Å². The van der Waals surface area contributed by atoms with Crippen molar-refractivity contribution in [2.45, 2.75) is 18.9 Å². The predicted octanol–water partition coefficient (Wildman–Crippen LogP) is 0.579. The van der Waals surface area contributed by atoms with E-state index < -0.39 is 5.97 Å². The van der Waals surface area contributed by atoms with E-state index in [0.717, 1.165) is 0 Å². The first-order chi connectivity index (χ1) is 6.16. The van der Waals surface area contributed by atoms with Gasteiger partial charge in [-0.2, -0.15) is 0 Å². The number of aliphatic carboxylic acids is 1. The Bertz CT molecular complexity index is 281. The van der Waals surface area contributed by atoms with Crippen LogP contribution in [0.4, 0.5) is 0 Å². The minimum Gasteiger partial charge on any atom is -0.481 e. The van der Waals surface area contributed by atoms with Crippen LogP contribution in [0.5, 0.6) is 0 Å². The summed E-state index contributed by atoms with van der Waals surface area (Å²) >= 11 is 0. The fourth-order valence-electron chi connectivity index (χ4n) is 1.99. The van der Waals surface area contributed by atoms with Gasteiger partial charge in [0.25, 0.3) is 0 Å². The lowest BCUT2D eigenvalue weighted by Gasteiger charge is -2.12. The molecule has 0 saturated carbocycles. The highest BCUT2D eigenvalue weighted by atomic mass is 16.5. The number of carbonyl (C=O) groups is 2. The van der Waals surface area contributed by atoms with Crippen molar-refractivity contribution in [2.75, 3.05) is 0 Å². The second kappa shape index (κ2) is 2.87. The van der Waals surface area contributed by atoms with Crippen molar-refractivity contribution in [1.82, 2.24) is 0 Å². The summed E-state index contributed by atoms with van der Waals surface area (Å²) in [6.45, 7) is 0. The normalized spacial score (nSPS) is 36.0. The first-order valence-corrected chi connectivity index (χ1v) is 4.26. The average Bonchev–Trinajstić information content (AvgIpc) is 2.51. The molecule has 2 rings (SSSR count). The Morgan fingerprint density at radius 1 is 1.62 bits per heavy atom. The Kier molecular flexibility index (Phi) is 1.83. The van der Waals surface area contributed by atoms with Gasteiger partial charge in [-0.25, -0.2) is 0 Å². The largest absolute Gasteiger partial charge is 0.481 e. The first kappa shape index (κ1) is 8.29. The molecule has 0 unspecified atom stereocenters. The molecule has 70 valence electrons. The molecule has 4 heteroatoms.